The number of imidazole rings is 1. The molecule has 1 amide bonds. The third-order valence-corrected chi connectivity index (χ3v) is 3.82. The number of nitrogens with one attached hydrogen (secondary N) is 1. The molecule has 126 valence electrons. The minimum Gasteiger partial charge on any atom is -0.374 e. The molecule has 1 heterocycles. The molecule has 1 aromatic rings. The van der Waals surface area contributed by atoms with Gasteiger partial charge in [-0.05, 0) is 5.92 Å². The van der Waals surface area contributed by atoms with Gasteiger partial charge in [0.15, 0.2) is 5.82 Å². The van der Waals surface area contributed by atoms with Crippen LogP contribution in [0.2, 0.25) is 0 Å². The van der Waals surface area contributed by atoms with E-state index in [-0.39, 0.29) is 5.92 Å². The number of halogens is 3. The predicted octanol–water partition coefficient (Wildman–Crippen LogP) is 2.11. The van der Waals surface area contributed by atoms with E-state index in [9.17, 15) is 23.1 Å². The number of aryl methyl sites for hydroxylation is 1. The van der Waals surface area contributed by atoms with Crippen molar-refractivity contribution in [1.82, 2.24) is 14.9 Å². The Morgan fingerprint density at radius 2 is 2.00 bits per heavy atom. The zero-order valence-electron chi connectivity index (χ0n) is 12.9. The summed E-state index contributed by atoms with van der Waals surface area (Å²) in [4.78, 5) is 15.4. The second-order valence-electron chi connectivity index (χ2n) is 5.38. The van der Waals surface area contributed by atoms with Gasteiger partial charge in [-0.15, -0.1) is 0 Å². The van der Waals surface area contributed by atoms with Gasteiger partial charge >= 0.3 is 6.18 Å². The Morgan fingerprint density at radius 1 is 1.41 bits per heavy atom. The van der Waals surface area contributed by atoms with Gasteiger partial charge in [-0.1, -0.05) is 26.7 Å². The number of aromatic nitrogens is 2. The Morgan fingerprint density at radius 3 is 2.41 bits per heavy atom. The molecule has 0 aliphatic rings. The quantitative estimate of drug-likeness (QED) is 0.808. The maximum Gasteiger partial charge on any atom is 0.425 e. The van der Waals surface area contributed by atoms with Gasteiger partial charge in [-0.2, -0.15) is 13.2 Å². The van der Waals surface area contributed by atoms with E-state index in [0.29, 0.717) is 6.54 Å². The highest BCUT2D eigenvalue weighted by atomic mass is 19.4. The lowest BCUT2D eigenvalue weighted by atomic mass is 9.96. The van der Waals surface area contributed by atoms with Crippen LogP contribution in [0.1, 0.15) is 38.9 Å². The molecule has 1 aromatic heterocycles. The topological polar surface area (TPSA) is 67.2 Å². The summed E-state index contributed by atoms with van der Waals surface area (Å²) in [6, 6.07) is 0. The van der Waals surface area contributed by atoms with Crippen LogP contribution in [-0.4, -0.2) is 33.3 Å². The molecule has 0 aliphatic carbocycles. The zero-order valence-corrected chi connectivity index (χ0v) is 12.9. The average Bonchev–Trinajstić information content (AvgIpc) is 2.85. The van der Waals surface area contributed by atoms with Crippen LogP contribution in [-0.2, 0) is 17.4 Å². The van der Waals surface area contributed by atoms with Gasteiger partial charge < -0.3 is 15.0 Å². The first-order valence-electron chi connectivity index (χ1n) is 7.19. The Labute approximate surface area is 127 Å². The van der Waals surface area contributed by atoms with Crippen molar-refractivity contribution in [3.05, 3.63) is 18.2 Å². The van der Waals surface area contributed by atoms with Crippen LogP contribution in [0, 0.1) is 5.92 Å². The molecule has 0 bridgehead atoms. The first-order chi connectivity index (χ1) is 10.2. The largest absolute Gasteiger partial charge is 0.425 e. The van der Waals surface area contributed by atoms with Crippen molar-refractivity contribution in [1.29, 1.82) is 0 Å². The number of nitrogens with zero attached hydrogens (tertiary/aromatic N) is 2. The standard InChI is InChI=1S/C14H22F3N3O2/c1-4-10(5-2)9-19-11(21)8-13(22,14(15,16)17)12-18-6-7-20(12)3/h6-7,10,22H,4-5,8-9H2,1-3H3,(H,19,21). The number of hydrogen-bond donors (Lipinski definition) is 2. The van der Waals surface area contributed by atoms with Gasteiger partial charge in [0, 0.05) is 26.0 Å². The van der Waals surface area contributed by atoms with Crippen LogP contribution in [0.3, 0.4) is 0 Å². The zero-order chi connectivity index (χ0) is 17.0. The SMILES string of the molecule is CCC(CC)CNC(=O)CC(O)(c1nccn1C)C(F)(F)F. The van der Waals surface area contributed by atoms with Crippen molar-refractivity contribution < 1.29 is 23.1 Å². The van der Waals surface area contributed by atoms with Gasteiger partial charge in [-0.3, -0.25) is 4.79 Å². The molecule has 2 N–H and O–H groups in total. The van der Waals surface area contributed by atoms with E-state index in [2.05, 4.69) is 10.3 Å². The lowest BCUT2D eigenvalue weighted by Crippen LogP contribution is -2.48. The number of hydrogen-bond acceptors (Lipinski definition) is 3. The Bertz CT molecular complexity index is 498. The number of aliphatic hydroxyl groups is 1. The van der Waals surface area contributed by atoms with Crippen LogP contribution in [0.25, 0.3) is 0 Å². The summed E-state index contributed by atoms with van der Waals surface area (Å²) in [6.07, 6.45) is -2.04. The van der Waals surface area contributed by atoms with Crippen molar-refractivity contribution in [3.8, 4) is 0 Å². The van der Waals surface area contributed by atoms with Crippen molar-refractivity contribution in [2.24, 2.45) is 13.0 Å². The maximum absolute atomic E-state index is 13.3. The molecule has 1 atom stereocenters. The summed E-state index contributed by atoms with van der Waals surface area (Å²) < 4.78 is 40.8. The molecule has 22 heavy (non-hydrogen) atoms. The number of rotatable bonds is 7. The second kappa shape index (κ2) is 7.13. The van der Waals surface area contributed by atoms with Crippen molar-refractivity contribution in [2.45, 2.75) is 44.9 Å². The number of carbonyl (C=O) groups excluding carboxylic acids is 1. The molecule has 0 aliphatic heterocycles. The molecule has 0 aromatic carbocycles. The molecule has 0 spiro atoms. The molecule has 5 nitrogen and oxygen atoms in total. The van der Waals surface area contributed by atoms with Gasteiger partial charge in [0.05, 0.1) is 6.42 Å². The maximum atomic E-state index is 13.3. The van der Waals surface area contributed by atoms with E-state index in [0.717, 1.165) is 23.6 Å². The molecule has 0 fully saturated rings. The van der Waals surface area contributed by atoms with Crippen molar-refractivity contribution in [3.63, 3.8) is 0 Å². The van der Waals surface area contributed by atoms with Crippen LogP contribution in [0.4, 0.5) is 13.2 Å². The molecule has 0 saturated heterocycles. The lowest BCUT2D eigenvalue weighted by molar-refractivity contribution is -0.271. The van der Waals surface area contributed by atoms with Crippen LogP contribution in [0.5, 0.6) is 0 Å². The van der Waals surface area contributed by atoms with E-state index >= 15 is 0 Å². The molecular formula is C14H22F3N3O2. The highest BCUT2D eigenvalue weighted by Crippen LogP contribution is 2.40. The average molecular weight is 321 g/mol. The fourth-order valence-corrected chi connectivity index (χ4v) is 2.20. The first-order valence-corrected chi connectivity index (χ1v) is 7.19. The summed E-state index contributed by atoms with van der Waals surface area (Å²) in [5.74, 6) is -1.25. The van der Waals surface area contributed by atoms with E-state index < -0.39 is 29.9 Å². The number of carbonyl (C=O) groups is 1. The van der Waals surface area contributed by atoms with Gasteiger partial charge in [0.1, 0.15) is 0 Å². The van der Waals surface area contributed by atoms with Crippen LogP contribution < -0.4 is 5.32 Å². The lowest BCUT2D eigenvalue weighted by Gasteiger charge is -2.29. The molecule has 1 unspecified atom stereocenters. The number of amides is 1. The molecular weight excluding hydrogens is 299 g/mol. The summed E-state index contributed by atoms with van der Waals surface area (Å²) >= 11 is 0. The van der Waals surface area contributed by atoms with Gasteiger partial charge in [0.25, 0.3) is 0 Å². The fraction of sp³-hybridized carbons (Fsp3) is 0.714. The summed E-state index contributed by atoms with van der Waals surface area (Å²) in [6.45, 7) is 4.18. The van der Waals surface area contributed by atoms with Gasteiger partial charge in [-0.25, -0.2) is 4.98 Å². The first kappa shape index (κ1) is 18.5. The fourth-order valence-electron chi connectivity index (χ4n) is 2.20. The highest BCUT2D eigenvalue weighted by molar-refractivity contribution is 5.77. The minimum absolute atomic E-state index is 0.205. The van der Waals surface area contributed by atoms with E-state index in [4.69, 9.17) is 0 Å². The van der Waals surface area contributed by atoms with E-state index in [1.807, 2.05) is 13.8 Å². The Hall–Kier alpha value is -1.57. The monoisotopic (exact) mass is 321 g/mol. The second-order valence-corrected chi connectivity index (χ2v) is 5.38. The van der Waals surface area contributed by atoms with Crippen LogP contribution in [0.15, 0.2) is 12.4 Å². The normalized spacial score (nSPS) is 14.9. The van der Waals surface area contributed by atoms with Crippen molar-refractivity contribution >= 4 is 5.91 Å². The minimum atomic E-state index is -5.00. The molecule has 0 radical (unpaired) electrons. The third kappa shape index (κ3) is 4.00. The van der Waals surface area contributed by atoms with Crippen molar-refractivity contribution in [2.75, 3.05) is 6.54 Å². The van der Waals surface area contributed by atoms with E-state index in [1.54, 1.807) is 0 Å². The molecule has 1 rings (SSSR count). The number of alkyl halides is 3. The third-order valence-electron chi connectivity index (χ3n) is 3.82. The summed E-state index contributed by atoms with van der Waals surface area (Å²) in [5, 5.41) is 12.5. The molecule has 0 saturated carbocycles. The van der Waals surface area contributed by atoms with Gasteiger partial charge in [0.2, 0.25) is 11.5 Å². The van der Waals surface area contributed by atoms with E-state index in [1.165, 1.54) is 13.2 Å². The highest BCUT2D eigenvalue weighted by Gasteiger charge is 2.58. The predicted molar refractivity (Wildman–Crippen MR) is 74.9 cm³/mol. The Balaban J connectivity index is 2.88. The summed E-state index contributed by atoms with van der Waals surface area (Å²) in [7, 11) is 1.33. The molecule has 8 heteroatoms. The smallest absolute Gasteiger partial charge is 0.374 e. The summed E-state index contributed by atoms with van der Waals surface area (Å²) in [5.41, 5.74) is -3.30. The Kier molecular flexibility index (Phi) is 5.99. The van der Waals surface area contributed by atoms with Crippen LogP contribution >= 0.6 is 0 Å².